The molecule has 3 aromatic rings. The fourth-order valence-electron chi connectivity index (χ4n) is 3.69. The van der Waals surface area contributed by atoms with Crippen LogP contribution in [0.2, 0.25) is 0 Å². The van der Waals surface area contributed by atoms with Crippen molar-refractivity contribution in [3.8, 4) is 11.1 Å². The van der Waals surface area contributed by atoms with Crippen molar-refractivity contribution >= 4 is 28.8 Å². The van der Waals surface area contributed by atoms with Gasteiger partial charge in [-0.15, -0.1) is 0 Å². The van der Waals surface area contributed by atoms with E-state index in [0.717, 1.165) is 41.5 Å². The number of rotatable bonds is 6. The fourth-order valence-corrected chi connectivity index (χ4v) is 4.00. The van der Waals surface area contributed by atoms with Gasteiger partial charge in [-0.3, -0.25) is 4.72 Å². The van der Waals surface area contributed by atoms with Crippen molar-refractivity contribution in [2.24, 2.45) is 5.92 Å². The van der Waals surface area contributed by atoms with E-state index in [2.05, 4.69) is 49.7 Å². The Bertz CT molecular complexity index is 919. The van der Waals surface area contributed by atoms with Crippen LogP contribution < -0.4 is 10.5 Å². The molecule has 1 aliphatic carbocycles. The number of hydrogen-bond acceptors (Lipinski definition) is 6. The number of aliphatic hydroxyl groups is 1. The highest BCUT2D eigenvalue weighted by molar-refractivity contribution is 7.96. The molecule has 1 aliphatic rings. The first-order valence-corrected chi connectivity index (χ1v) is 10.0. The Morgan fingerprint density at radius 1 is 1.35 bits per heavy atom. The summed E-state index contributed by atoms with van der Waals surface area (Å²) in [6.45, 7) is 1.06. The maximum absolute atomic E-state index is 9.33. The number of fused-ring (bicyclic) bond motifs is 1. The number of aliphatic hydroxyl groups excluding tert-OH is 1. The van der Waals surface area contributed by atoms with Crippen LogP contribution in [-0.2, 0) is 6.54 Å². The van der Waals surface area contributed by atoms with Gasteiger partial charge in [-0.05, 0) is 42.2 Å². The predicted octanol–water partition coefficient (Wildman–Crippen LogP) is 2.99. The molecular weight excluding hydrogens is 346 g/mol. The Kier molecular flexibility index (Phi) is 4.84. The molecule has 2 aromatic heterocycles. The van der Waals surface area contributed by atoms with Crippen molar-refractivity contribution < 1.29 is 5.11 Å². The van der Waals surface area contributed by atoms with Crippen LogP contribution in [-0.4, -0.2) is 32.5 Å². The summed E-state index contributed by atoms with van der Waals surface area (Å²) in [5.41, 5.74) is 10.5. The molecule has 1 fully saturated rings. The molecule has 6 nitrogen and oxygen atoms in total. The van der Waals surface area contributed by atoms with E-state index in [0.29, 0.717) is 17.8 Å². The molecule has 0 saturated heterocycles. The van der Waals surface area contributed by atoms with Crippen LogP contribution in [0.1, 0.15) is 24.4 Å². The monoisotopic (exact) mass is 369 g/mol. The van der Waals surface area contributed by atoms with Gasteiger partial charge in [-0.1, -0.05) is 30.1 Å². The van der Waals surface area contributed by atoms with Crippen LogP contribution in [0, 0.1) is 5.92 Å². The summed E-state index contributed by atoms with van der Waals surface area (Å²) in [6, 6.07) is 8.83. The Balaban J connectivity index is 1.78. The van der Waals surface area contributed by atoms with Gasteiger partial charge in [0, 0.05) is 31.0 Å². The molecule has 1 aromatic carbocycles. The lowest BCUT2D eigenvalue weighted by atomic mass is 9.81. The second-order valence-corrected chi connectivity index (χ2v) is 7.50. The molecule has 0 spiro atoms. The molecule has 4 rings (SSSR count). The molecule has 1 saturated carbocycles. The molecule has 2 heterocycles. The van der Waals surface area contributed by atoms with Gasteiger partial charge < -0.3 is 15.4 Å². The third-order valence-corrected chi connectivity index (χ3v) is 5.59. The zero-order valence-corrected chi connectivity index (χ0v) is 15.5. The highest BCUT2D eigenvalue weighted by Gasteiger charge is 2.31. The number of anilines is 1. The van der Waals surface area contributed by atoms with Crippen LogP contribution >= 0.6 is 11.9 Å². The topological polar surface area (TPSA) is 89.0 Å². The van der Waals surface area contributed by atoms with Crippen LogP contribution in [0.25, 0.3) is 22.2 Å². The van der Waals surface area contributed by atoms with Crippen LogP contribution in [0.5, 0.6) is 0 Å². The maximum Gasteiger partial charge on any atom is 0.146 e. The van der Waals surface area contributed by atoms with Crippen molar-refractivity contribution in [3.63, 3.8) is 0 Å². The first-order chi connectivity index (χ1) is 12.7. The van der Waals surface area contributed by atoms with E-state index in [4.69, 9.17) is 5.73 Å². The average Bonchev–Trinajstić information content (AvgIpc) is 3.00. The molecule has 7 heteroatoms. The number of benzene rings is 1. The smallest absolute Gasteiger partial charge is 0.146 e. The number of nitrogen functional groups attached to an aromatic ring is 1. The van der Waals surface area contributed by atoms with E-state index < -0.39 is 0 Å². The first kappa shape index (κ1) is 17.3. The molecule has 0 unspecified atom stereocenters. The Morgan fingerprint density at radius 2 is 2.19 bits per heavy atom. The maximum atomic E-state index is 9.33. The predicted molar refractivity (Wildman–Crippen MR) is 107 cm³/mol. The van der Waals surface area contributed by atoms with Crippen molar-refractivity contribution in [3.05, 3.63) is 42.4 Å². The summed E-state index contributed by atoms with van der Waals surface area (Å²) in [7, 11) is 0. The lowest BCUT2D eigenvalue weighted by Gasteiger charge is -2.35. The van der Waals surface area contributed by atoms with Gasteiger partial charge in [0.15, 0.2) is 0 Å². The molecule has 4 N–H and O–H groups in total. The highest BCUT2D eigenvalue weighted by atomic mass is 32.2. The standard InChI is InChI=1S/C19H23N5OS/c1-26-23-8-12-3-2-4-14(5-12)16-9-24(15-6-13(7-15)10-25)19-17(16)18(20)21-11-22-19/h2-5,9,11,13,15,23,25H,6-8,10H2,1H3,(H2,20,21,22). The number of nitrogens with one attached hydrogen (secondary N) is 1. The fraction of sp³-hybridized carbons (Fsp3) is 0.368. The summed E-state index contributed by atoms with van der Waals surface area (Å²) in [6.07, 6.45) is 7.64. The number of aromatic nitrogens is 3. The molecule has 0 aliphatic heterocycles. The van der Waals surface area contributed by atoms with Gasteiger partial charge in [0.05, 0.1) is 5.39 Å². The number of nitrogens with two attached hydrogens (primary N) is 1. The SMILES string of the molecule is CSNCc1cccc(-c2cn(C3CC(CO)C3)c3ncnc(N)c23)c1. The summed E-state index contributed by atoms with van der Waals surface area (Å²) < 4.78 is 5.49. The summed E-state index contributed by atoms with van der Waals surface area (Å²) in [5.74, 6) is 0.899. The Hall–Kier alpha value is -2.09. The first-order valence-electron chi connectivity index (χ1n) is 8.78. The highest BCUT2D eigenvalue weighted by Crippen LogP contribution is 2.42. The summed E-state index contributed by atoms with van der Waals surface area (Å²) in [4.78, 5) is 8.72. The molecule has 26 heavy (non-hydrogen) atoms. The number of nitrogens with zero attached hydrogens (tertiary/aromatic N) is 3. The zero-order valence-electron chi connectivity index (χ0n) is 14.7. The molecule has 136 valence electrons. The summed E-state index contributed by atoms with van der Waals surface area (Å²) >= 11 is 1.61. The van der Waals surface area contributed by atoms with Crippen LogP contribution in [0.3, 0.4) is 0 Å². The summed E-state index contributed by atoms with van der Waals surface area (Å²) in [5, 5.41) is 10.2. The minimum Gasteiger partial charge on any atom is -0.396 e. The van der Waals surface area contributed by atoms with Gasteiger partial charge in [0.1, 0.15) is 17.8 Å². The van der Waals surface area contributed by atoms with Gasteiger partial charge in [0.25, 0.3) is 0 Å². The second kappa shape index (κ2) is 7.26. The molecule has 0 bridgehead atoms. The van der Waals surface area contributed by atoms with E-state index in [1.54, 1.807) is 11.9 Å². The zero-order chi connectivity index (χ0) is 18.1. The van der Waals surface area contributed by atoms with Crippen LogP contribution in [0.4, 0.5) is 5.82 Å². The average molecular weight is 369 g/mol. The largest absolute Gasteiger partial charge is 0.396 e. The minimum atomic E-state index is 0.254. The third-order valence-electron chi connectivity index (χ3n) is 5.16. The van der Waals surface area contributed by atoms with Gasteiger partial charge >= 0.3 is 0 Å². The van der Waals surface area contributed by atoms with E-state index in [-0.39, 0.29) is 6.61 Å². The van der Waals surface area contributed by atoms with Crippen LogP contribution in [0.15, 0.2) is 36.8 Å². The Morgan fingerprint density at radius 3 is 2.96 bits per heavy atom. The minimum absolute atomic E-state index is 0.254. The normalized spacial score (nSPS) is 19.6. The Labute approximate surface area is 157 Å². The van der Waals surface area contributed by atoms with E-state index >= 15 is 0 Å². The molecule has 0 atom stereocenters. The van der Waals surface area contributed by atoms with Crippen molar-refractivity contribution in [2.45, 2.75) is 25.4 Å². The van der Waals surface area contributed by atoms with Crippen molar-refractivity contribution in [1.29, 1.82) is 0 Å². The molecular formula is C19H23N5OS. The van der Waals surface area contributed by atoms with E-state index in [1.807, 2.05) is 6.26 Å². The van der Waals surface area contributed by atoms with E-state index in [9.17, 15) is 5.11 Å². The number of hydrogen-bond donors (Lipinski definition) is 3. The van der Waals surface area contributed by atoms with Crippen molar-refractivity contribution in [2.75, 3.05) is 18.6 Å². The molecule has 0 radical (unpaired) electrons. The van der Waals surface area contributed by atoms with Gasteiger partial charge in [-0.25, -0.2) is 9.97 Å². The van der Waals surface area contributed by atoms with Gasteiger partial charge in [0.2, 0.25) is 0 Å². The second-order valence-electron chi connectivity index (χ2n) is 6.81. The quantitative estimate of drug-likeness (QED) is 0.579. The lowest BCUT2D eigenvalue weighted by Crippen LogP contribution is -2.28. The lowest BCUT2D eigenvalue weighted by molar-refractivity contribution is 0.114. The molecule has 0 amide bonds. The van der Waals surface area contributed by atoms with E-state index in [1.165, 1.54) is 11.9 Å². The third kappa shape index (κ3) is 3.06. The van der Waals surface area contributed by atoms with Gasteiger partial charge in [-0.2, -0.15) is 0 Å². The van der Waals surface area contributed by atoms with Crippen molar-refractivity contribution in [1.82, 2.24) is 19.3 Å².